The number of carbonyl (C=O) groups excluding carboxylic acids is 1. The van der Waals surface area contributed by atoms with Crippen LogP contribution in [0.15, 0.2) is 54.6 Å². The van der Waals surface area contributed by atoms with Crippen LogP contribution in [0.2, 0.25) is 0 Å². The number of carbonyl (C=O) groups is 1. The van der Waals surface area contributed by atoms with Crippen molar-refractivity contribution in [3.63, 3.8) is 0 Å². The van der Waals surface area contributed by atoms with Crippen LogP contribution in [-0.2, 0) is 0 Å². The van der Waals surface area contributed by atoms with Gasteiger partial charge in [-0.05, 0) is 62.2 Å². The van der Waals surface area contributed by atoms with Crippen molar-refractivity contribution in [1.29, 1.82) is 0 Å². The molecule has 24 heavy (non-hydrogen) atoms. The first kappa shape index (κ1) is 18.3. The molecule has 0 radical (unpaired) electrons. The predicted molar refractivity (Wildman–Crippen MR) is 98.1 cm³/mol. The van der Waals surface area contributed by atoms with Gasteiger partial charge in [0.25, 0.3) is 5.91 Å². The molecular formula is C19H23ClN2O2. The van der Waals surface area contributed by atoms with Gasteiger partial charge in [0.05, 0.1) is 0 Å². The Morgan fingerprint density at radius 1 is 1.12 bits per heavy atom. The van der Waals surface area contributed by atoms with Crippen LogP contribution in [0.1, 0.15) is 23.2 Å². The molecular weight excluding hydrogens is 324 g/mol. The second kappa shape index (κ2) is 9.30. The number of amides is 1. The largest absolute Gasteiger partial charge is 0.457 e. The van der Waals surface area contributed by atoms with Gasteiger partial charge in [0.15, 0.2) is 0 Å². The molecule has 1 fully saturated rings. The highest BCUT2D eigenvalue weighted by Gasteiger charge is 2.14. The number of hydrogen-bond acceptors (Lipinski definition) is 3. The summed E-state index contributed by atoms with van der Waals surface area (Å²) in [6.45, 7) is 2.79. The number of nitrogens with one attached hydrogen (secondary N) is 2. The molecule has 128 valence electrons. The summed E-state index contributed by atoms with van der Waals surface area (Å²) in [6.07, 6.45) is 2.35. The third-order valence-corrected chi connectivity index (χ3v) is 4.03. The zero-order valence-corrected chi connectivity index (χ0v) is 14.4. The van der Waals surface area contributed by atoms with Crippen molar-refractivity contribution in [2.45, 2.75) is 12.8 Å². The lowest BCUT2D eigenvalue weighted by molar-refractivity contribution is 0.0944. The molecule has 2 N–H and O–H groups in total. The lowest BCUT2D eigenvalue weighted by Crippen LogP contribution is -2.38. The van der Waals surface area contributed by atoms with Gasteiger partial charge in [0.1, 0.15) is 11.5 Å². The third-order valence-electron chi connectivity index (χ3n) is 4.03. The van der Waals surface area contributed by atoms with E-state index in [1.165, 1.54) is 12.8 Å². The van der Waals surface area contributed by atoms with E-state index in [1.54, 1.807) is 6.07 Å². The lowest BCUT2D eigenvalue weighted by Gasteiger charge is -2.22. The van der Waals surface area contributed by atoms with Gasteiger partial charge in [-0.2, -0.15) is 0 Å². The van der Waals surface area contributed by atoms with Gasteiger partial charge in [0.2, 0.25) is 0 Å². The van der Waals surface area contributed by atoms with Crippen molar-refractivity contribution in [2.75, 3.05) is 19.6 Å². The Bertz CT molecular complexity index is 643. The maximum absolute atomic E-state index is 12.3. The topological polar surface area (TPSA) is 50.4 Å². The molecule has 1 atom stereocenters. The molecule has 1 amide bonds. The molecule has 1 saturated heterocycles. The molecule has 4 nitrogen and oxygen atoms in total. The lowest BCUT2D eigenvalue weighted by atomic mass is 9.99. The van der Waals surface area contributed by atoms with E-state index in [1.807, 2.05) is 48.5 Å². The summed E-state index contributed by atoms with van der Waals surface area (Å²) in [5.74, 6) is 1.91. The van der Waals surface area contributed by atoms with Crippen LogP contribution < -0.4 is 15.4 Å². The summed E-state index contributed by atoms with van der Waals surface area (Å²) in [6, 6.07) is 16.9. The summed E-state index contributed by atoms with van der Waals surface area (Å²) in [4.78, 5) is 12.3. The van der Waals surface area contributed by atoms with Crippen LogP contribution in [0, 0.1) is 5.92 Å². The van der Waals surface area contributed by atoms with Crippen molar-refractivity contribution in [2.24, 2.45) is 5.92 Å². The van der Waals surface area contributed by atoms with Gasteiger partial charge in [0, 0.05) is 12.1 Å². The third kappa shape index (κ3) is 5.25. The highest BCUT2D eigenvalue weighted by Crippen LogP contribution is 2.21. The summed E-state index contributed by atoms with van der Waals surface area (Å²) in [7, 11) is 0. The van der Waals surface area contributed by atoms with Gasteiger partial charge in [-0.25, -0.2) is 0 Å². The fourth-order valence-corrected chi connectivity index (χ4v) is 2.76. The molecule has 0 bridgehead atoms. The number of para-hydroxylation sites is 1. The minimum Gasteiger partial charge on any atom is -0.457 e. The monoisotopic (exact) mass is 346 g/mol. The average Bonchev–Trinajstić information content (AvgIpc) is 2.62. The second-order valence-corrected chi connectivity index (χ2v) is 5.87. The maximum Gasteiger partial charge on any atom is 0.251 e. The van der Waals surface area contributed by atoms with E-state index in [9.17, 15) is 4.79 Å². The van der Waals surface area contributed by atoms with Gasteiger partial charge in [-0.15, -0.1) is 12.4 Å². The Hall–Kier alpha value is -2.04. The van der Waals surface area contributed by atoms with Crippen LogP contribution in [0.3, 0.4) is 0 Å². The Balaban J connectivity index is 0.00000208. The summed E-state index contributed by atoms with van der Waals surface area (Å²) < 4.78 is 5.77. The highest BCUT2D eigenvalue weighted by atomic mass is 35.5. The summed E-state index contributed by atoms with van der Waals surface area (Å²) in [5, 5.41) is 6.39. The van der Waals surface area contributed by atoms with E-state index in [-0.39, 0.29) is 18.3 Å². The van der Waals surface area contributed by atoms with Crippen molar-refractivity contribution in [3.05, 3.63) is 60.2 Å². The Morgan fingerprint density at radius 3 is 2.67 bits per heavy atom. The van der Waals surface area contributed by atoms with Crippen LogP contribution in [0.5, 0.6) is 11.5 Å². The number of ether oxygens (including phenoxy) is 1. The standard InChI is InChI=1S/C19H22N2O2.ClH/c22-19(21-14-15-6-5-11-20-13-15)16-7-4-10-18(12-16)23-17-8-2-1-3-9-17;/h1-4,7-10,12,15,20H,5-6,11,13-14H2,(H,21,22);1H. The molecule has 1 aliphatic heterocycles. The minimum absolute atomic E-state index is 0. The Kier molecular flexibility index (Phi) is 7.09. The molecule has 1 aliphatic rings. The zero-order chi connectivity index (χ0) is 15.9. The van der Waals surface area contributed by atoms with Crippen molar-refractivity contribution in [1.82, 2.24) is 10.6 Å². The van der Waals surface area contributed by atoms with Crippen molar-refractivity contribution >= 4 is 18.3 Å². The summed E-state index contributed by atoms with van der Waals surface area (Å²) >= 11 is 0. The molecule has 1 heterocycles. The smallest absolute Gasteiger partial charge is 0.251 e. The van der Waals surface area contributed by atoms with E-state index in [0.29, 0.717) is 17.2 Å². The molecule has 0 aliphatic carbocycles. The minimum atomic E-state index is -0.0471. The first-order chi connectivity index (χ1) is 11.3. The number of halogens is 1. The summed E-state index contributed by atoms with van der Waals surface area (Å²) in [5.41, 5.74) is 0.627. The van der Waals surface area contributed by atoms with Gasteiger partial charge in [-0.1, -0.05) is 24.3 Å². The molecule has 0 spiro atoms. The highest BCUT2D eigenvalue weighted by molar-refractivity contribution is 5.94. The molecule has 3 rings (SSSR count). The van der Waals surface area contributed by atoms with Crippen LogP contribution in [0.25, 0.3) is 0 Å². The molecule has 2 aromatic carbocycles. The van der Waals surface area contributed by atoms with Gasteiger partial charge >= 0.3 is 0 Å². The fourth-order valence-electron chi connectivity index (χ4n) is 2.76. The normalized spacial score (nSPS) is 16.8. The van der Waals surface area contributed by atoms with Crippen molar-refractivity contribution in [3.8, 4) is 11.5 Å². The molecule has 1 unspecified atom stereocenters. The van der Waals surface area contributed by atoms with Gasteiger partial charge in [-0.3, -0.25) is 4.79 Å². The molecule has 0 saturated carbocycles. The number of benzene rings is 2. The molecule has 5 heteroatoms. The number of piperidine rings is 1. The zero-order valence-electron chi connectivity index (χ0n) is 13.5. The molecule has 0 aromatic heterocycles. The Morgan fingerprint density at radius 2 is 1.92 bits per heavy atom. The van der Waals surface area contributed by atoms with E-state index in [2.05, 4.69) is 10.6 Å². The average molecular weight is 347 g/mol. The van der Waals surface area contributed by atoms with Gasteiger partial charge < -0.3 is 15.4 Å². The fraction of sp³-hybridized carbons (Fsp3) is 0.316. The van der Waals surface area contributed by atoms with Crippen LogP contribution in [0.4, 0.5) is 0 Å². The van der Waals surface area contributed by atoms with Crippen molar-refractivity contribution < 1.29 is 9.53 Å². The van der Waals surface area contributed by atoms with E-state index in [4.69, 9.17) is 4.74 Å². The predicted octanol–water partition coefficient (Wildman–Crippen LogP) is 3.63. The van der Waals surface area contributed by atoms with E-state index >= 15 is 0 Å². The first-order valence-corrected chi connectivity index (χ1v) is 8.13. The molecule has 2 aromatic rings. The van der Waals surface area contributed by atoms with Crippen LogP contribution in [-0.4, -0.2) is 25.5 Å². The van der Waals surface area contributed by atoms with E-state index in [0.717, 1.165) is 25.4 Å². The van der Waals surface area contributed by atoms with Crippen LogP contribution >= 0.6 is 12.4 Å². The second-order valence-electron chi connectivity index (χ2n) is 5.87. The quantitative estimate of drug-likeness (QED) is 0.869. The SMILES string of the molecule is Cl.O=C(NCC1CCCNC1)c1cccc(Oc2ccccc2)c1. The number of rotatable bonds is 5. The first-order valence-electron chi connectivity index (χ1n) is 8.13. The Labute approximate surface area is 149 Å². The van der Waals surface area contributed by atoms with E-state index < -0.39 is 0 Å². The number of hydrogen-bond donors (Lipinski definition) is 2. The maximum atomic E-state index is 12.3.